The molecule has 0 unspecified atom stereocenters. The summed E-state index contributed by atoms with van der Waals surface area (Å²) in [6, 6.07) is 1.63. The summed E-state index contributed by atoms with van der Waals surface area (Å²) < 4.78 is 6.49. The predicted octanol–water partition coefficient (Wildman–Crippen LogP) is 0.123. The van der Waals surface area contributed by atoms with Gasteiger partial charge >= 0.3 is 5.69 Å². The number of hydrogen-bond acceptors (Lipinski definition) is 7. The Bertz CT molecular complexity index is 607. The minimum Gasteiger partial charge on any atom is -0.481 e. The first-order valence-electron chi connectivity index (χ1n) is 5.15. The third-order valence-electron chi connectivity index (χ3n) is 2.14. The Balaban J connectivity index is 2.33. The van der Waals surface area contributed by atoms with Gasteiger partial charge in [0.1, 0.15) is 5.03 Å². The average molecular weight is 268 g/mol. The van der Waals surface area contributed by atoms with Crippen molar-refractivity contribution in [2.45, 2.75) is 23.7 Å². The highest BCUT2D eigenvalue weighted by molar-refractivity contribution is 7.99. The minimum absolute atomic E-state index is 0.109. The van der Waals surface area contributed by atoms with Crippen LogP contribution in [0.2, 0.25) is 0 Å². The second-order valence-corrected chi connectivity index (χ2v) is 4.25. The lowest BCUT2D eigenvalue weighted by Crippen LogP contribution is -2.16. The van der Waals surface area contributed by atoms with E-state index in [1.165, 1.54) is 23.4 Å². The van der Waals surface area contributed by atoms with Crippen LogP contribution < -0.4 is 16.2 Å². The number of methoxy groups -OCH3 is 1. The first kappa shape index (κ1) is 12.4. The SMILES string of the molecule is CCn1c(Sc2cc(OC)nc(N)n2)n[nH]c1=O. The maximum Gasteiger partial charge on any atom is 0.343 e. The Morgan fingerprint density at radius 3 is 3.00 bits per heavy atom. The number of nitrogens with one attached hydrogen (secondary N) is 1. The lowest BCUT2D eigenvalue weighted by atomic mass is 10.6. The summed E-state index contributed by atoms with van der Waals surface area (Å²) in [4.78, 5) is 19.3. The van der Waals surface area contributed by atoms with Gasteiger partial charge in [0.15, 0.2) is 5.16 Å². The van der Waals surface area contributed by atoms with E-state index in [4.69, 9.17) is 10.5 Å². The van der Waals surface area contributed by atoms with Crippen LogP contribution in [0.15, 0.2) is 21.0 Å². The molecule has 2 rings (SSSR count). The number of nitrogens with two attached hydrogens (primary N) is 1. The molecule has 0 aliphatic rings. The summed E-state index contributed by atoms with van der Waals surface area (Å²) in [5, 5.41) is 7.38. The van der Waals surface area contributed by atoms with Gasteiger partial charge in [-0.3, -0.25) is 4.57 Å². The Labute approximate surface area is 107 Å². The van der Waals surface area contributed by atoms with Gasteiger partial charge in [0.25, 0.3) is 0 Å². The standard InChI is InChI=1S/C9H12N6O2S/c1-3-15-8(16)13-14-9(15)18-6-4-5(17-2)11-7(10)12-6/h4H,3H2,1-2H3,(H,13,16)(H2,10,11,12). The van der Waals surface area contributed by atoms with Crippen molar-refractivity contribution >= 4 is 17.7 Å². The van der Waals surface area contributed by atoms with Crippen LogP contribution in [0.25, 0.3) is 0 Å². The monoisotopic (exact) mass is 268 g/mol. The van der Waals surface area contributed by atoms with Gasteiger partial charge in [-0.25, -0.2) is 14.9 Å². The molecule has 0 radical (unpaired) electrons. The van der Waals surface area contributed by atoms with Crippen molar-refractivity contribution < 1.29 is 4.74 Å². The molecule has 18 heavy (non-hydrogen) atoms. The van der Waals surface area contributed by atoms with E-state index in [-0.39, 0.29) is 11.6 Å². The number of aromatic amines is 1. The van der Waals surface area contributed by atoms with Gasteiger partial charge < -0.3 is 10.5 Å². The lowest BCUT2D eigenvalue weighted by molar-refractivity contribution is 0.396. The maximum atomic E-state index is 11.4. The molecule has 2 aromatic rings. The van der Waals surface area contributed by atoms with E-state index >= 15 is 0 Å². The molecular formula is C9H12N6O2S. The Morgan fingerprint density at radius 2 is 2.33 bits per heavy atom. The molecule has 0 saturated carbocycles. The van der Waals surface area contributed by atoms with E-state index in [1.54, 1.807) is 6.07 Å². The van der Waals surface area contributed by atoms with Gasteiger partial charge in [-0.05, 0) is 18.7 Å². The second-order valence-electron chi connectivity index (χ2n) is 3.26. The van der Waals surface area contributed by atoms with Crippen molar-refractivity contribution in [3.8, 4) is 5.88 Å². The molecule has 0 aliphatic heterocycles. The fraction of sp³-hybridized carbons (Fsp3) is 0.333. The minimum atomic E-state index is -0.256. The van der Waals surface area contributed by atoms with Crippen LogP contribution in [0.5, 0.6) is 5.88 Å². The Hall–Kier alpha value is -2.03. The van der Waals surface area contributed by atoms with E-state index in [0.717, 1.165) is 0 Å². The second kappa shape index (κ2) is 5.08. The summed E-state index contributed by atoms with van der Waals surface area (Å²) in [7, 11) is 1.49. The van der Waals surface area contributed by atoms with Gasteiger partial charge in [-0.15, -0.1) is 5.10 Å². The topological polar surface area (TPSA) is 112 Å². The number of H-pyrrole nitrogens is 1. The molecule has 0 fully saturated rings. The summed E-state index contributed by atoms with van der Waals surface area (Å²) in [6.07, 6.45) is 0. The molecule has 0 atom stereocenters. The summed E-state index contributed by atoms with van der Waals surface area (Å²) in [5.41, 5.74) is 5.30. The first-order valence-corrected chi connectivity index (χ1v) is 5.97. The number of anilines is 1. The molecule has 2 heterocycles. The number of nitrogens with zero attached hydrogens (tertiary/aromatic N) is 4. The maximum absolute atomic E-state index is 11.4. The summed E-state index contributed by atoms with van der Waals surface area (Å²) >= 11 is 1.21. The van der Waals surface area contributed by atoms with Crippen molar-refractivity contribution in [1.82, 2.24) is 24.7 Å². The van der Waals surface area contributed by atoms with Gasteiger partial charge in [-0.1, -0.05) is 0 Å². The third kappa shape index (κ3) is 2.45. The largest absolute Gasteiger partial charge is 0.481 e. The molecule has 96 valence electrons. The van der Waals surface area contributed by atoms with Crippen molar-refractivity contribution in [2.24, 2.45) is 0 Å². The number of aromatic nitrogens is 5. The van der Waals surface area contributed by atoms with E-state index < -0.39 is 0 Å². The van der Waals surface area contributed by atoms with E-state index in [1.807, 2.05) is 6.92 Å². The van der Waals surface area contributed by atoms with Gasteiger partial charge in [0, 0.05) is 12.6 Å². The number of ether oxygens (including phenoxy) is 1. The molecule has 0 spiro atoms. The van der Waals surface area contributed by atoms with Crippen LogP contribution in [0.3, 0.4) is 0 Å². The van der Waals surface area contributed by atoms with E-state index in [0.29, 0.717) is 22.6 Å². The van der Waals surface area contributed by atoms with E-state index in [9.17, 15) is 4.79 Å². The predicted molar refractivity (Wildman–Crippen MR) is 65.6 cm³/mol. The van der Waals surface area contributed by atoms with Crippen LogP contribution >= 0.6 is 11.8 Å². The molecule has 0 amide bonds. The van der Waals surface area contributed by atoms with Crippen LogP contribution in [-0.2, 0) is 6.54 Å². The van der Waals surface area contributed by atoms with Crippen molar-refractivity contribution in [3.63, 3.8) is 0 Å². The molecule has 0 aromatic carbocycles. The molecular weight excluding hydrogens is 256 g/mol. The smallest absolute Gasteiger partial charge is 0.343 e. The molecule has 8 nitrogen and oxygen atoms in total. The molecule has 9 heteroatoms. The van der Waals surface area contributed by atoms with Gasteiger partial charge in [0.2, 0.25) is 11.8 Å². The zero-order valence-corrected chi connectivity index (χ0v) is 10.7. The van der Waals surface area contributed by atoms with Crippen LogP contribution in [-0.4, -0.2) is 31.8 Å². The number of rotatable bonds is 4. The fourth-order valence-corrected chi connectivity index (χ4v) is 2.23. The quantitative estimate of drug-likeness (QED) is 0.757. The molecule has 0 saturated heterocycles. The lowest BCUT2D eigenvalue weighted by Gasteiger charge is -2.04. The zero-order valence-electron chi connectivity index (χ0n) is 9.88. The Kier molecular flexibility index (Phi) is 3.51. The molecule has 3 N–H and O–H groups in total. The molecule has 0 aliphatic carbocycles. The fourth-order valence-electron chi connectivity index (χ4n) is 1.33. The zero-order chi connectivity index (χ0) is 13.1. The first-order chi connectivity index (χ1) is 8.63. The highest BCUT2D eigenvalue weighted by Crippen LogP contribution is 2.25. The van der Waals surface area contributed by atoms with Gasteiger partial charge in [-0.2, -0.15) is 4.98 Å². The summed E-state index contributed by atoms with van der Waals surface area (Å²) in [5.74, 6) is 0.476. The van der Waals surface area contributed by atoms with Crippen molar-refractivity contribution in [3.05, 3.63) is 16.6 Å². The van der Waals surface area contributed by atoms with Gasteiger partial charge in [0.05, 0.1) is 7.11 Å². The highest BCUT2D eigenvalue weighted by atomic mass is 32.2. The number of hydrogen-bond donors (Lipinski definition) is 2. The van der Waals surface area contributed by atoms with Crippen LogP contribution in [0, 0.1) is 0 Å². The normalized spacial score (nSPS) is 10.6. The Morgan fingerprint density at radius 1 is 1.56 bits per heavy atom. The summed E-state index contributed by atoms with van der Waals surface area (Å²) in [6.45, 7) is 2.38. The van der Waals surface area contributed by atoms with Crippen LogP contribution in [0.4, 0.5) is 5.95 Å². The third-order valence-corrected chi connectivity index (χ3v) is 3.05. The highest BCUT2D eigenvalue weighted by Gasteiger charge is 2.11. The number of nitrogen functional groups attached to an aromatic ring is 1. The van der Waals surface area contributed by atoms with Crippen molar-refractivity contribution in [2.75, 3.05) is 12.8 Å². The van der Waals surface area contributed by atoms with Crippen LogP contribution in [0.1, 0.15) is 6.92 Å². The van der Waals surface area contributed by atoms with Crippen molar-refractivity contribution in [1.29, 1.82) is 0 Å². The average Bonchev–Trinajstić information content (AvgIpc) is 2.69. The van der Waals surface area contributed by atoms with E-state index in [2.05, 4.69) is 20.2 Å². The molecule has 2 aromatic heterocycles. The molecule has 0 bridgehead atoms.